The fourth-order valence-corrected chi connectivity index (χ4v) is 4.96. The number of unbranched alkanes of at least 4 members (excludes halogenated alkanes) is 19. The van der Waals surface area contributed by atoms with Gasteiger partial charge in [0.1, 0.15) is 5.78 Å². The average Bonchev–Trinajstić information content (AvgIpc) is 2.94. The summed E-state index contributed by atoms with van der Waals surface area (Å²) in [6, 6.07) is 0. The minimum absolute atomic E-state index is 0.483. The van der Waals surface area contributed by atoms with Gasteiger partial charge in [-0.15, -0.1) is 0 Å². The van der Waals surface area contributed by atoms with Gasteiger partial charge in [0.2, 0.25) is 0 Å². The maximum Gasteiger partial charge on any atom is 0.132 e. The van der Waals surface area contributed by atoms with E-state index in [2.05, 4.69) is 62.5 Å². The molecular weight excluding hydrogens is 474 g/mol. The molecule has 0 bridgehead atoms. The van der Waals surface area contributed by atoms with Crippen LogP contribution in [0, 0.1) is 0 Å². The van der Waals surface area contributed by atoms with Crippen molar-refractivity contribution in [2.75, 3.05) is 0 Å². The van der Waals surface area contributed by atoms with Crippen LogP contribution < -0.4 is 0 Å². The molecule has 1 nitrogen and oxygen atoms in total. The van der Waals surface area contributed by atoms with Crippen molar-refractivity contribution in [2.24, 2.45) is 0 Å². The van der Waals surface area contributed by atoms with Crippen molar-refractivity contribution in [1.29, 1.82) is 0 Å². The summed E-state index contributed by atoms with van der Waals surface area (Å²) in [5.74, 6) is 0.483. The topological polar surface area (TPSA) is 17.1 Å². The van der Waals surface area contributed by atoms with E-state index in [0.29, 0.717) is 5.78 Å². The van der Waals surface area contributed by atoms with E-state index < -0.39 is 0 Å². The number of Topliss-reactive ketones (excluding diaryl/α,β-unsaturated/α-hetero) is 1. The number of ketones is 1. The molecule has 226 valence electrons. The maximum atomic E-state index is 12.1. The van der Waals surface area contributed by atoms with Crippen LogP contribution in [0.3, 0.4) is 0 Å². The summed E-state index contributed by atoms with van der Waals surface area (Å²) in [6.45, 7) is 4.54. The highest BCUT2D eigenvalue weighted by Crippen LogP contribution is 2.14. The first-order valence-electron chi connectivity index (χ1n) is 17.4. The van der Waals surface area contributed by atoms with E-state index in [4.69, 9.17) is 0 Å². The zero-order valence-electron chi connectivity index (χ0n) is 26.6. The van der Waals surface area contributed by atoms with E-state index in [1.165, 1.54) is 116 Å². The predicted octanol–water partition coefficient (Wildman–Crippen LogP) is 13.4. The third-order valence-electron chi connectivity index (χ3n) is 7.59. The molecule has 0 aromatic rings. The van der Waals surface area contributed by atoms with Crippen LogP contribution in [-0.2, 0) is 4.79 Å². The van der Waals surface area contributed by atoms with Crippen LogP contribution in [0.1, 0.15) is 187 Å². The van der Waals surface area contributed by atoms with Gasteiger partial charge in [0.05, 0.1) is 0 Å². The van der Waals surface area contributed by atoms with Gasteiger partial charge >= 0.3 is 0 Å². The first-order chi connectivity index (χ1) is 19.3. The normalized spacial score (nSPS) is 12.3. The molecule has 0 radical (unpaired) electrons. The molecule has 0 N–H and O–H groups in total. The van der Waals surface area contributed by atoms with Crippen molar-refractivity contribution in [3.05, 3.63) is 48.6 Å². The van der Waals surface area contributed by atoms with E-state index in [1.54, 1.807) is 0 Å². The highest BCUT2D eigenvalue weighted by atomic mass is 16.3. The third-order valence-corrected chi connectivity index (χ3v) is 7.59. The Bertz CT molecular complexity index is 594. The number of allylic oxidation sites excluding steroid dienone is 8. The number of hydrogen-bond acceptors (Lipinski definition) is 1. The van der Waals surface area contributed by atoms with Gasteiger partial charge in [-0.3, -0.25) is 4.79 Å². The van der Waals surface area contributed by atoms with Gasteiger partial charge in [-0.1, -0.05) is 165 Å². The summed E-state index contributed by atoms with van der Waals surface area (Å²) < 4.78 is 0. The molecule has 0 fully saturated rings. The highest BCUT2D eigenvalue weighted by molar-refractivity contribution is 5.78. The maximum absolute atomic E-state index is 12.1. The fraction of sp³-hybridized carbons (Fsp3) is 0.763. The summed E-state index contributed by atoms with van der Waals surface area (Å²) in [7, 11) is 0. The molecule has 0 saturated heterocycles. The summed E-state index contributed by atoms with van der Waals surface area (Å²) >= 11 is 0. The van der Waals surface area contributed by atoms with Crippen LogP contribution in [0.4, 0.5) is 0 Å². The van der Waals surface area contributed by atoms with E-state index in [-0.39, 0.29) is 0 Å². The van der Waals surface area contributed by atoms with Gasteiger partial charge < -0.3 is 0 Å². The minimum atomic E-state index is 0.483. The Labute approximate surface area is 246 Å². The Balaban J connectivity index is 3.34. The van der Waals surface area contributed by atoms with Crippen molar-refractivity contribution in [3.63, 3.8) is 0 Å². The van der Waals surface area contributed by atoms with Crippen LogP contribution in [0.25, 0.3) is 0 Å². The molecule has 0 saturated carbocycles. The molecule has 0 spiro atoms. The van der Waals surface area contributed by atoms with Gasteiger partial charge in [-0.25, -0.2) is 0 Å². The second kappa shape index (κ2) is 34.7. The Morgan fingerprint density at radius 2 is 0.641 bits per heavy atom. The van der Waals surface area contributed by atoms with E-state index in [0.717, 1.165) is 57.8 Å². The molecular formula is C38H68O. The first kappa shape index (κ1) is 37.6. The molecule has 0 amide bonds. The molecule has 39 heavy (non-hydrogen) atoms. The van der Waals surface area contributed by atoms with Crippen LogP contribution in [0.5, 0.6) is 0 Å². The van der Waals surface area contributed by atoms with E-state index >= 15 is 0 Å². The summed E-state index contributed by atoms with van der Waals surface area (Å²) in [5.41, 5.74) is 0. The SMILES string of the molecule is CCCCCC=CCC=CCC=CCC=CCCCC[14C](=O)CCCCCCCCCCCCCCCCC. The standard InChI is InChI=1S/C38H68O/c1-3-5-7-9-11-13-15-17-19-20-21-23-25-27-29-31-33-35-37-38(39)36-34-32-30-28-26-24-22-18-16-14-12-10-8-6-4-2/h11,13,17,19,21,23,27,29H,3-10,12,14-16,18,20,22,24-26,28,30-37H2,1-2H3/i38+2. The second-order valence-corrected chi connectivity index (χ2v) is 11.6. The average molecular weight is 543 g/mol. The van der Waals surface area contributed by atoms with Crippen molar-refractivity contribution < 1.29 is 4.79 Å². The molecule has 0 aliphatic heterocycles. The van der Waals surface area contributed by atoms with Crippen molar-refractivity contribution in [1.82, 2.24) is 0 Å². The molecule has 1 heteroatoms. The monoisotopic (exact) mass is 543 g/mol. The number of hydrogen-bond donors (Lipinski definition) is 0. The molecule has 0 heterocycles. The van der Waals surface area contributed by atoms with Crippen LogP contribution in [-0.4, -0.2) is 5.78 Å². The number of rotatable bonds is 31. The number of carbonyl (C=O) groups excluding carboxylic acids is 1. The molecule has 0 rings (SSSR count). The minimum Gasteiger partial charge on any atom is -0.300 e. The predicted molar refractivity (Wildman–Crippen MR) is 178 cm³/mol. The Morgan fingerprint density at radius 3 is 1.05 bits per heavy atom. The number of carbonyl (C=O) groups is 1. The quantitative estimate of drug-likeness (QED) is 0.0628. The zero-order valence-corrected chi connectivity index (χ0v) is 26.6. The summed E-state index contributed by atoms with van der Waals surface area (Å²) in [4.78, 5) is 12.1. The van der Waals surface area contributed by atoms with Crippen molar-refractivity contribution in [3.8, 4) is 0 Å². The molecule has 0 aliphatic rings. The van der Waals surface area contributed by atoms with Gasteiger partial charge in [0.25, 0.3) is 0 Å². The van der Waals surface area contributed by atoms with Gasteiger partial charge in [0.15, 0.2) is 0 Å². The molecule has 0 aliphatic carbocycles. The second-order valence-electron chi connectivity index (χ2n) is 11.6. The van der Waals surface area contributed by atoms with Crippen molar-refractivity contribution >= 4 is 5.78 Å². The molecule has 0 unspecified atom stereocenters. The zero-order chi connectivity index (χ0) is 28.3. The van der Waals surface area contributed by atoms with Gasteiger partial charge in [-0.05, 0) is 57.8 Å². The van der Waals surface area contributed by atoms with Crippen LogP contribution >= 0.6 is 0 Å². The molecule has 0 aromatic carbocycles. The summed E-state index contributed by atoms with van der Waals surface area (Å²) in [5, 5.41) is 0. The Morgan fingerprint density at radius 1 is 0.359 bits per heavy atom. The van der Waals surface area contributed by atoms with Crippen LogP contribution in [0.15, 0.2) is 48.6 Å². The Hall–Kier alpha value is -1.37. The third kappa shape index (κ3) is 34.6. The summed E-state index contributed by atoms with van der Waals surface area (Å²) in [6.07, 6.45) is 52.0. The first-order valence-corrected chi connectivity index (χ1v) is 17.4. The van der Waals surface area contributed by atoms with E-state index in [9.17, 15) is 4.79 Å². The lowest BCUT2D eigenvalue weighted by atomic mass is 10.0. The van der Waals surface area contributed by atoms with E-state index in [1.807, 2.05) is 0 Å². The van der Waals surface area contributed by atoms with Gasteiger partial charge in [-0.2, -0.15) is 0 Å². The highest BCUT2D eigenvalue weighted by Gasteiger charge is 2.01. The lowest BCUT2D eigenvalue weighted by molar-refractivity contribution is -0.119. The lowest BCUT2D eigenvalue weighted by Gasteiger charge is -2.03. The largest absolute Gasteiger partial charge is 0.300 e. The Kier molecular flexibility index (Phi) is 33.4. The lowest BCUT2D eigenvalue weighted by Crippen LogP contribution is -1.97. The molecule has 0 aromatic heterocycles. The molecule has 0 atom stereocenters. The van der Waals surface area contributed by atoms with Crippen LogP contribution in [0.2, 0.25) is 0 Å². The fourth-order valence-electron chi connectivity index (χ4n) is 4.96. The smallest absolute Gasteiger partial charge is 0.132 e. The van der Waals surface area contributed by atoms with Gasteiger partial charge in [0, 0.05) is 12.8 Å². The van der Waals surface area contributed by atoms with Crippen molar-refractivity contribution in [2.45, 2.75) is 187 Å².